The third-order valence-electron chi connectivity index (χ3n) is 3.48. The molecule has 1 aromatic carbocycles. The van der Waals surface area contributed by atoms with E-state index in [0.29, 0.717) is 13.0 Å². The lowest BCUT2D eigenvalue weighted by Gasteiger charge is -2.31. The SMILES string of the molecule is O=C(O)CO[C@@H]1CCOC[C@@H]1NC(=O)c1cccc(C(F)(F)F)c1. The first-order valence-corrected chi connectivity index (χ1v) is 7.16. The van der Waals surface area contributed by atoms with Crippen molar-refractivity contribution in [1.29, 1.82) is 0 Å². The second kappa shape index (κ2) is 7.63. The van der Waals surface area contributed by atoms with Crippen LogP contribution in [0.1, 0.15) is 22.3 Å². The van der Waals surface area contributed by atoms with E-state index >= 15 is 0 Å². The van der Waals surface area contributed by atoms with Gasteiger partial charge in [0.2, 0.25) is 0 Å². The van der Waals surface area contributed by atoms with Gasteiger partial charge in [-0.25, -0.2) is 4.79 Å². The number of nitrogens with one attached hydrogen (secondary N) is 1. The molecule has 1 aliphatic heterocycles. The highest BCUT2D eigenvalue weighted by Gasteiger charge is 2.32. The summed E-state index contributed by atoms with van der Waals surface area (Å²) in [5.41, 5.74) is -1.07. The summed E-state index contributed by atoms with van der Waals surface area (Å²) >= 11 is 0. The van der Waals surface area contributed by atoms with Gasteiger partial charge in [0.05, 0.1) is 24.3 Å². The van der Waals surface area contributed by atoms with Gasteiger partial charge >= 0.3 is 12.1 Å². The molecule has 1 amide bonds. The standard InChI is InChI=1S/C15H16F3NO5/c16-15(17,18)10-3-1-2-9(6-10)14(22)19-11-7-23-5-4-12(11)24-8-13(20)21/h1-3,6,11-12H,4-5,7-8H2,(H,19,22)(H,20,21)/t11-,12+/m0/s1. The molecule has 9 heteroatoms. The van der Waals surface area contributed by atoms with Crippen molar-refractivity contribution >= 4 is 11.9 Å². The van der Waals surface area contributed by atoms with Crippen molar-refractivity contribution in [3.8, 4) is 0 Å². The summed E-state index contributed by atoms with van der Waals surface area (Å²) in [5.74, 6) is -1.86. The zero-order valence-corrected chi connectivity index (χ0v) is 12.5. The van der Waals surface area contributed by atoms with Crippen LogP contribution in [0.4, 0.5) is 13.2 Å². The number of aliphatic carboxylic acids is 1. The van der Waals surface area contributed by atoms with E-state index in [0.717, 1.165) is 18.2 Å². The van der Waals surface area contributed by atoms with Crippen LogP contribution in [-0.4, -0.2) is 48.9 Å². The first kappa shape index (κ1) is 18.2. The van der Waals surface area contributed by atoms with Crippen LogP contribution in [0.25, 0.3) is 0 Å². The van der Waals surface area contributed by atoms with Gasteiger partial charge in [0.15, 0.2) is 0 Å². The molecule has 2 atom stereocenters. The highest BCUT2D eigenvalue weighted by atomic mass is 19.4. The number of carbonyl (C=O) groups excluding carboxylic acids is 1. The summed E-state index contributed by atoms with van der Waals surface area (Å²) in [6.45, 7) is -0.0875. The van der Waals surface area contributed by atoms with Crippen LogP contribution >= 0.6 is 0 Å². The van der Waals surface area contributed by atoms with Gasteiger partial charge < -0.3 is 19.9 Å². The molecule has 0 unspecified atom stereocenters. The van der Waals surface area contributed by atoms with Crippen LogP contribution in [0.15, 0.2) is 24.3 Å². The van der Waals surface area contributed by atoms with Crippen molar-refractivity contribution in [2.24, 2.45) is 0 Å². The fourth-order valence-electron chi connectivity index (χ4n) is 2.32. The van der Waals surface area contributed by atoms with Crippen molar-refractivity contribution in [1.82, 2.24) is 5.32 Å². The van der Waals surface area contributed by atoms with Crippen molar-refractivity contribution in [2.45, 2.75) is 24.7 Å². The quantitative estimate of drug-likeness (QED) is 0.847. The molecule has 132 valence electrons. The molecule has 6 nitrogen and oxygen atoms in total. The average molecular weight is 347 g/mol. The van der Waals surface area contributed by atoms with Crippen LogP contribution in [0, 0.1) is 0 Å². The van der Waals surface area contributed by atoms with Gasteiger partial charge in [0, 0.05) is 12.2 Å². The number of benzene rings is 1. The molecular weight excluding hydrogens is 331 g/mol. The molecule has 0 bridgehead atoms. The van der Waals surface area contributed by atoms with Crippen molar-refractivity contribution in [3.05, 3.63) is 35.4 Å². The molecular formula is C15H16F3NO5. The number of hydrogen-bond donors (Lipinski definition) is 2. The number of halogens is 3. The van der Waals surface area contributed by atoms with Crippen LogP contribution in [0.2, 0.25) is 0 Å². The molecule has 24 heavy (non-hydrogen) atoms. The molecule has 0 aromatic heterocycles. The van der Waals surface area contributed by atoms with Gasteiger partial charge in [0.1, 0.15) is 6.61 Å². The summed E-state index contributed by atoms with van der Waals surface area (Å²) in [6, 6.07) is 3.40. The lowest BCUT2D eigenvalue weighted by atomic mass is 10.0. The van der Waals surface area contributed by atoms with E-state index in [9.17, 15) is 22.8 Å². The predicted octanol–water partition coefficient (Wildman–Crippen LogP) is 1.69. The molecule has 2 N–H and O–H groups in total. The Morgan fingerprint density at radius 3 is 2.79 bits per heavy atom. The summed E-state index contributed by atoms with van der Waals surface area (Å²) in [4.78, 5) is 22.7. The minimum atomic E-state index is -4.54. The number of amides is 1. The van der Waals surface area contributed by atoms with Crippen molar-refractivity contribution in [3.63, 3.8) is 0 Å². The van der Waals surface area contributed by atoms with Gasteiger partial charge in [-0.3, -0.25) is 4.79 Å². The van der Waals surface area contributed by atoms with Crippen LogP contribution in [-0.2, 0) is 20.4 Å². The number of carbonyl (C=O) groups is 2. The Hall–Kier alpha value is -2.13. The number of carboxylic acid groups (broad SMARTS) is 1. The molecule has 1 saturated heterocycles. The number of alkyl halides is 3. The van der Waals surface area contributed by atoms with Crippen LogP contribution in [0.3, 0.4) is 0 Å². The fourth-order valence-corrected chi connectivity index (χ4v) is 2.32. The number of ether oxygens (including phenoxy) is 2. The Morgan fingerprint density at radius 1 is 1.38 bits per heavy atom. The third-order valence-corrected chi connectivity index (χ3v) is 3.48. The maximum Gasteiger partial charge on any atom is 0.416 e. The fraction of sp³-hybridized carbons (Fsp3) is 0.467. The first-order valence-electron chi connectivity index (χ1n) is 7.16. The normalized spacial score (nSPS) is 21.3. The molecule has 0 radical (unpaired) electrons. The Morgan fingerprint density at radius 2 is 2.12 bits per heavy atom. The van der Waals surface area contributed by atoms with E-state index < -0.39 is 42.4 Å². The van der Waals surface area contributed by atoms with Gasteiger partial charge in [-0.1, -0.05) is 6.07 Å². The molecule has 2 rings (SSSR count). The number of rotatable bonds is 5. The van der Waals surface area contributed by atoms with Crippen LogP contribution < -0.4 is 5.32 Å². The largest absolute Gasteiger partial charge is 0.480 e. The average Bonchev–Trinajstić information content (AvgIpc) is 2.53. The second-order valence-electron chi connectivity index (χ2n) is 5.27. The Bertz CT molecular complexity index is 605. The maximum atomic E-state index is 12.7. The zero-order valence-electron chi connectivity index (χ0n) is 12.5. The van der Waals surface area contributed by atoms with Crippen LogP contribution in [0.5, 0.6) is 0 Å². The smallest absolute Gasteiger partial charge is 0.416 e. The molecule has 0 saturated carbocycles. The van der Waals surface area contributed by atoms with Crippen molar-refractivity contribution in [2.75, 3.05) is 19.8 Å². The van der Waals surface area contributed by atoms with Crippen molar-refractivity contribution < 1.29 is 37.3 Å². The second-order valence-corrected chi connectivity index (χ2v) is 5.27. The molecule has 0 spiro atoms. The highest BCUT2D eigenvalue weighted by Crippen LogP contribution is 2.29. The summed E-state index contributed by atoms with van der Waals surface area (Å²) in [6.07, 6.45) is -4.75. The van der Waals surface area contributed by atoms with E-state index in [1.165, 1.54) is 6.07 Å². The Balaban J connectivity index is 2.05. The monoisotopic (exact) mass is 347 g/mol. The molecule has 1 aromatic rings. The predicted molar refractivity (Wildman–Crippen MR) is 75.5 cm³/mol. The lowest BCUT2D eigenvalue weighted by Crippen LogP contribution is -2.51. The third kappa shape index (κ3) is 4.93. The zero-order chi connectivity index (χ0) is 17.7. The van der Waals surface area contributed by atoms with E-state index in [1.807, 2.05) is 0 Å². The highest BCUT2D eigenvalue weighted by molar-refractivity contribution is 5.94. The summed E-state index contributed by atoms with van der Waals surface area (Å²) in [7, 11) is 0. The van der Waals surface area contributed by atoms with Gasteiger partial charge in [0.25, 0.3) is 5.91 Å². The molecule has 0 aliphatic carbocycles. The van der Waals surface area contributed by atoms with E-state index in [4.69, 9.17) is 14.6 Å². The Kier molecular flexibility index (Phi) is 5.79. The van der Waals surface area contributed by atoms with Gasteiger partial charge in [-0.05, 0) is 24.6 Å². The lowest BCUT2D eigenvalue weighted by molar-refractivity contribution is -0.147. The van der Waals surface area contributed by atoms with Gasteiger partial charge in [-0.2, -0.15) is 13.2 Å². The van der Waals surface area contributed by atoms with E-state index in [2.05, 4.69) is 5.32 Å². The van der Waals surface area contributed by atoms with Gasteiger partial charge in [-0.15, -0.1) is 0 Å². The minimum Gasteiger partial charge on any atom is -0.480 e. The number of carboxylic acids is 1. The molecule has 1 aliphatic rings. The molecule has 1 fully saturated rings. The summed E-state index contributed by atoms with van der Waals surface area (Å²) in [5, 5.41) is 11.2. The Labute approximate surface area is 135 Å². The maximum absolute atomic E-state index is 12.7. The first-order chi connectivity index (χ1) is 11.3. The molecule has 1 heterocycles. The van der Waals surface area contributed by atoms with E-state index in [1.54, 1.807) is 0 Å². The number of hydrogen-bond acceptors (Lipinski definition) is 4. The summed E-state index contributed by atoms with van der Waals surface area (Å²) < 4.78 is 48.5. The topological polar surface area (TPSA) is 84.9 Å². The van der Waals surface area contributed by atoms with E-state index in [-0.39, 0.29) is 12.2 Å². The minimum absolute atomic E-state index is 0.0922.